The highest BCUT2D eigenvalue weighted by Crippen LogP contribution is 1.94. The highest BCUT2D eigenvalue weighted by molar-refractivity contribution is 5.53. The number of hydrogen-bond acceptors (Lipinski definition) is 13. The average molecular weight is 425 g/mol. The molecule has 0 aliphatic heterocycles. The molecule has 0 heterocycles. The Hall–Kier alpha value is -1.21. The molecule has 0 rings (SSSR count). The molecule has 174 valence electrons. The summed E-state index contributed by atoms with van der Waals surface area (Å²) >= 11 is 0. The maximum atomic E-state index is 8.56. The summed E-state index contributed by atoms with van der Waals surface area (Å²) in [5, 5.41) is 89.0. The zero-order valence-corrected chi connectivity index (χ0v) is 15.4. The van der Waals surface area contributed by atoms with Gasteiger partial charge in [-0.3, -0.25) is 0 Å². The topological polar surface area (TPSA) is 318 Å². The average Bonchev–Trinajstić information content (AvgIpc) is 2.72. The third-order valence-corrected chi connectivity index (χ3v) is 2.83. The van der Waals surface area contributed by atoms with Crippen molar-refractivity contribution in [2.45, 2.75) is 16.6 Å². The summed E-state index contributed by atoms with van der Waals surface area (Å²) in [6, 6.07) is 0. The van der Waals surface area contributed by atoms with Crippen LogP contribution in [-0.4, -0.2) is 138 Å². The molecule has 0 aromatic heterocycles. The molecule has 0 saturated heterocycles. The van der Waals surface area contributed by atoms with E-state index in [2.05, 4.69) is 0 Å². The summed E-state index contributed by atoms with van der Waals surface area (Å²) in [6.07, 6.45) is -1.83. The minimum absolute atomic E-state index is 0.403. The van der Waals surface area contributed by atoms with Crippen LogP contribution in [0.2, 0.25) is 0 Å². The standard InChI is InChI=1S/3C4H11NO3.CH2O3/c3*5-4(1-6,2-7)3-8;2-1(3)4/h3*6-8H,1-3,5H2;(H2,2,3,4). The van der Waals surface area contributed by atoms with Gasteiger partial charge >= 0.3 is 6.16 Å². The highest BCUT2D eigenvalue weighted by Gasteiger charge is 2.21. The van der Waals surface area contributed by atoms with E-state index in [1.54, 1.807) is 0 Å². The van der Waals surface area contributed by atoms with Gasteiger partial charge in [0.1, 0.15) is 0 Å². The molecule has 0 saturated carbocycles. The normalized spacial score (nSPS) is 11.1. The first-order chi connectivity index (χ1) is 12.8. The molecule has 0 fully saturated rings. The summed E-state index contributed by atoms with van der Waals surface area (Å²) in [7, 11) is 0. The lowest BCUT2D eigenvalue weighted by molar-refractivity contribution is 0.0695. The van der Waals surface area contributed by atoms with E-state index in [9.17, 15) is 0 Å². The van der Waals surface area contributed by atoms with Crippen molar-refractivity contribution in [3.63, 3.8) is 0 Å². The Morgan fingerprint density at radius 2 is 0.536 bits per heavy atom. The zero-order chi connectivity index (χ0) is 23.4. The lowest BCUT2D eigenvalue weighted by Crippen LogP contribution is -2.50. The van der Waals surface area contributed by atoms with Gasteiger partial charge in [-0.15, -0.1) is 0 Å². The number of carboxylic acid groups (broad SMARTS) is 2. The molecule has 28 heavy (non-hydrogen) atoms. The second kappa shape index (κ2) is 19.1. The highest BCUT2D eigenvalue weighted by atomic mass is 16.6. The molecule has 0 aromatic carbocycles. The molecule has 0 amide bonds. The minimum atomic E-state index is -1.83. The van der Waals surface area contributed by atoms with Gasteiger partial charge in [0.2, 0.25) is 0 Å². The van der Waals surface area contributed by atoms with Gasteiger partial charge in [-0.25, -0.2) is 4.79 Å². The van der Waals surface area contributed by atoms with Crippen molar-refractivity contribution in [1.82, 2.24) is 0 Å². The molecule has 15 nitrogen and oxygen atoms in total. The van der Waals surface area contributed by atoms with Crippen LogP contribution in [0.3, 0.4) is 0 Å². The van der Waals surface area contributed by atoms with Crippen LogP contribution in [0.4, 0.5) is 4.79 Å². The van der Waals surface area contributed by atoms with Crippen LogP contribution in [0.15, 0.2) is 0 Å². The predicted octanol–water partition coefficient (Wildman–Crippen LogP) is -6.80. The van der Waals surface area contributed by atoms with Gasteiger partial charge in [-0.05, 0) is 0 Å². The summed E-state index contributed by atoms with van der Waals surface area (Å²) in [4.78, 5) is 8.56. The number of hydrogen-bond donors (Lipinski definition) is 14. The van der Waals surface area contributed by atoms with Crippen molar-refractivity contribution in [2.75, 3.05) is 59.5 Å². The van der Waals surface area contributed by atoms with Gasteiger partial charge in [0.05, 0.1) is 76.1 Å². The Kier molecular flexibility index (Phi) is 23.4. The second-order valence-corrected chi connectivity index (χ2v) is 5.79. The Morgan fingerprint density at radius 3 is 0.536 bits per heavy atom. The molecule has 0 unspecified atom stereocenters. The van der Waals surface area contributed by atoms with Crippen LogP contribution >= 0.6 is 0 Å². The Labute approximate surface area is 161 Å². The smallest absolute Gasteiger partial charge is 0.450 e. The van der Waals surface area contributed by atoms with Crippen LogP contribution in [0.25, 0.3) is 0 Å². The SMILES string of the molecule is NC(CO)(CO)CO.NC(CO)(CO)CO.NC(CO)(CO)CO.O=C(O)O. The molecular formula is C13H35N3O12. The van der Waals surface area contributed by atoms with E-state index in [-0.39, 0.29) is 0 Å². The van der Waals surface area contributed by atoms with E-state index in [0.717, 1.165) is 0 Å². The summed E-state index contributed by atoms with van der Waals surface area (Å²) in [5.41, 5.74) is 11.8. The number of aliphatic hydroxyl groups is 9. The molecule has 17 N–H and O–H groups in total. The van der Waals surface area contributed by atoms with Crippen molar-refractivity contribution < 1.29 is 61.0 Å². The van der Waals surface area contributed by atoms with Crippen LogP contribution in [0.1, 0.15) is 0 Å². The van der Waals surface area contributed by atoms with Crippen molar-refractivity contribution in [2.24, 2.45) is 17.2 Å². The van der Waals surface area contributed by atoms with Crippen molar-refractivity contribution in [3.8, 4) is 0 Å². The molecule has 0 aliphatic rings. The third-order valence-electron chi connectivity index (χ3n) is 2.83. The van der Waals surface area contributed by atoms with Gasteiger partial charge in [0.25, 0.3) is 0 Å². The fourth-order valence-electron chi connectivity index (χ4n) is 0.450. The van der Waals surface area contributed by atoms with Crippen LogP contribution in [0.5, 0.6) is 0 Å². The molecule has 0 atom stereocenters. The first-order valence-electron chi connectivity index (χ1n) is 7.55. The summed E-state index contributed by atoms with van der Waals surface area (Å²) < 4.78 is 0. The number of nitrogens with two attached hydrogens (primary N) is 3. The van der Waals surface area contributed by atoms with E-state index in [0.29, 0.717) is 0 Å². The van der Waals surface area contributed by atoms with E-state index >= 15 is 0 Å². The molecule has 0 bridgehead atoms. The van der Waals surface area contributed by atoms with Gasteiger partial charge < -0.3 is 73.4 Å². The zero-order valence-electron chi connectivity index (χ0n) is 15.4. The molecular weight excluding hydrogens is 390 g/mol. The first kappa shape index (κ1) is 34.3. The largest absolute Gasteiger partial charge is 0.503 e. The van der Waals surface area contributed by atoms with E-state index in [1.165, 1.54) is 0 Å². The van der Waals surface area contributed by atoms with Crippen molar-refractivity contribution in [3.05, 3.63) is 0 Å². The minimum Gasteiger partial charge on any atom is -0.450 e. The van der Waals surface area contributed by atoms with Gasteiger partial charge in [-0.1, -0.05) is 0 Å². The van der Waals surface area contributed by atoms with Crippen LogP contribution < -0.4 is 17.2 Å². The lowest BCUT2D eigenvalue weighted by Gasteiger charge is -2.20. The lowest BCUT2D eigenvalue weighted by atomic mass is 10.1. The summed E-state index contributed by atoms with van der Waals surface area (Å²) in [6.45, 7) is -3.62. The fourth-order valence-corrected chi connectivity index (χ4v) is 0.450. The first-order valence-corrected chi connectivity index (χ1v) is 7.55. The molecule has 15 heteroatoms. The molecule has 0 aromatic rings. The van der Waals surface area contributed by atoms with Crippen LogP contribution in [0, 0.1) is 0 Å². The maximum Gasteiger partial charge on any atom is 0.503 e. The van der Waals surface area contributed by atoms with E-state index in [4.69, 9.17) is 78.2 Å². The Balaban J connectivity index is -0.000000141. The number of aliphatic hydroxyl groups excluding tert-OH is 9. The predicted molar refractivity (Wildman–Crippen MR) is 95.2 cm³/mol. The third kappa shape index (κ3) is 21.1. The van der Waals surface area contributed by atoms with E-state index in [1.807, 2.05) is 0 Å². The van der Waals surface area contributed by atoms with Gasteiger partial charge in [0.15, 0.2) is 0 Å². The Bertz CT molecular complexity index is 278. The molecule has 0 radical (unpaired) electrons. The number of carbonyl (C=O) groups is 1. The van der Waals surface area contributed by atoms with Crippen molar-refractivity contribution >= 4 is 6.16 Å². The summed E-state index contributed by atoms with van der Waals surface area (Å²) in [5.74, 6) is 0. The fraction of sp³-hybridized carbons (Fsp3) is 0.923. The van der Waals surface area contributed by atoms with E-state index < -0.39 is 82.2 Å². The van der Waals surface area contributed by atoms with Gasteiger partial charge in [0, 0.05) is 0 Å². The maximum absolute atomic E-state index is 8.56. The van der Waals surface area contributed by atoms with Gasteiger partial charge in [-0.2, -0.15) is 0 Å². The molecule has 0 spiro atoms. The number of rotatable bonds is 9. The Morgan fingerprint density at radius 1 is 0.464 bits per heavy atom. The monoisotopic (exact) mass is 425 g/mol. The van der Waals surface area contributed by atoms with Crippen LogP contribution in [-0.2, 0) is 0 Å². The second-order valence-electron chi connectivity index (χ2n) is 5.79. The molecule has 0 aliphatic carbocycles. The quantitative estimate of drug-likeness (QED) is 0.163. The van der Waals surface area contributed by atoms with Crippen molar-refractivity contribution in [1.29, 1.82) is 0 Å².